The third-order valence-corrected chi connectivity index (χ3v) is 5.36. The summed E-state index contributed by atoms with van der Waals surface area (Å²) in [6, 6.07) is 7.22. The number of carbonyl (C=O) groups excluding carboxylic acids is 1. The average molecular weight is 452 g/mol. The molecule has 0 atom stereocenters. The molecule has 2 aromatic carbocycles. The van der Waals surface area contributed by atoms with Crippen LogP contribution in [0.5, 0.6) is 0 Å². The van der Waals surface area contributed by atoms with E-state index in [0.717, 1.165) is 24.3 Å². The van der Waals surface area contributed by atoms with Crippen LogP contribution in [0.1, 0.15) is 18.1 Å². The number of carbonyl (C=O) groups is 1. The number of rotatable bonds is 6. The monoisotopic (exact) mass is 452 g/mol. The van der Waals surface area contributed by atoms with Crippen molar-refractivity contribution in [2.75, 3.05) is 5.32 Å². The van der Waals surface area contributed by atoms with Crippen molar-refractivity contribution in [3.63, 3.8) is 0 Å². The van der Waals surface area contributed by atoms with E-state index in [0.29, 0.717) is 0 Å². The fourth-order valence-electron chi connectivity index (χ4n) is 2.35. The Labute approximate surface area is 172 Å². The first-order chi connectivity index (χ1) is 13.4. The maximum absolute atomic E-state index is 11.6. The zero-order valence-corrected chi connectivity index (χ0v) is 17.1. The number of aliphatic imine (C=N–C) groups is 1. The standard InChI is InChI=1S/C17H14N2O7S3/c1-11(20)19-15-7-5-13(17(9-15)29(24,25)26)3-2-12-4-6-14(18-10-27)8-16(12)28(21,22)23/h2-9H,1H3,(H,19,20)(H,21,22,23)(H,24,25,26)/p-2/b3-2+. The van der Waals surface area contributed by atoms with Gasteiger partial charge >= 0.3 is 0 Å². The number of isothiocyanates is 1. The molecule has 0 aliphatic heterocycles. The lowest BCUT2D eigenvalue weighted by Crippen LogP contribution is -2.08. The minimum absolute atomic E-state index is 0.0523. The quantitative estimate of drug-likeness (QED) is 0.303. The molecule has 9 nitrogen and oxygen atoms in total. The number of amides is 1. The third-order valence-electron chi connectivity index (χ3n) is 3.49. The smallest absolute Gasteiger partial charge is 0.221 e. The molecule has 0 bridgehead atoms. The Morgan fingerprint density at radius 2 is 1.52 bits per heavy atom. The maximum Gasteiger partial charge on any atom is 0.221 e. The van der Waals surface area contributed by atoms with Crippen molar-refractivity contribution in [1.82, 2.24) is 0 Å². The Bertz CT molecular complexity index is 1260. The number of hydrogen-bond acceptors (Lipinski definition) is 9. The van der Waals surface area contributed by atoms with Gasteiger partial charge in [-0.3, -0.25) is 4.79 Å². The Kier molecular flexibility index (Phi) is 6.80. The Hall–Kier alpha value is -2.73. The molecule has 12 heteroatoms. The molecule has 1 N–H and O–H groups in total. The minimum atomic E-state index is -4.92. The number of hydrogen-bond donors (Lipinski definition) is 1. The van der Waals surface area contributed by atoms with Gasteiger partial charge in [0.15, 0.2) is 0 Å². The molecule has 0 radical (unpaired) electrons. The highest BCUT2D eigenvalue weighted by Gasteiger charge is 2.11. The van der Waals surface area contributed by atoms with E-state index in [9.17, 15) is 30.7 Å². The van der Waals surface area contributed by atoms with E-state index in [1.54, 1.807) is 0 Å². The van der Waals surface area contributed by atoms with E-state index >= 15 is 0 Å². The van der Waals surface area contributed by atoms with E-state index < -0.39 is 35.9 Å². The molecule has 0 aromatic heterocycles. The molecule has 0 aliphatic rings. The number of benzene rings is 2. The van der Waals surface area contributed by atoms with Crippen molar-refractivity contribution in [3.8, 4) is 0 Å². The van der Waals surface area contributed by atoms with Crippen molar-refractivity contribution in [1.29, 1.82) is 0 Å². The highest BCUT2D eigenvalue weighted by molar-refractivity contribution is 7.86. The fourth-order valence-corrected chi connectivity index (χ4v) is 3.84. The van der Waals surface area contributed by atoms with E-state index in [1.807, 2.05) is 5.16 Å². The first kappa shape index (κ1) is 22.6. The predicted octanol–water partition coefficient (Wildman–Crippen LogP) is 2.36. The summed E-state index contributed by atoms with van der Waals surface area (Å²) in [6.45, 7) is 1.21. The molecule has 1 amide bonds. The highest BCUT2D eigenvalue weighted by atomic mass is 32.2. The lowest BCUT2D eigenvalue weighted by molar-refractivity contribution is -0.114. The molecule has 0 unspecified atom stereocenters. The van der Waals surface area contributed by atoms with Crippen LogP contribution in [0.3, 0.4) is 0 Å². The molecule has 0 saturated heterocycles. The summed E-state index contributed by atoms with van der Waals surface area (Å²) in [4.78, 5) is 13.5. The Morgan fingerprint density at radius 1 is 1.00 bits per heavy atom. The largest absolute Gasteiger partial charge is 0.744 e. The zero-order valence-electron chi connectivity index (χ0n) is 14.6. The van der Waals surface area contributed by atoms with Crippen LogP contribution >= 0.6 is 12.2 Å². The van der Waals surface area contributed by atoms with Crippen LogP contribution < -0.4 is 5.32 Å². The van der Waals surface area contributed by atoms with Gasteiger partial charge in [-0.2, -0.15) is 4.99 Å². The number of nitrogens with zero attached hydrogens (tertiary/aromatic N) is 1. The summed E-state index contributed by atoms with van der Waals surface area (Å²) < 4.78 is 69.3. The van der Waals surface area contributed by atoms with Gasteiger partial charge < -0.3 is 14.4 Å². The molecule has 0 aliphatic carbocycles. The van der Waals surface area contributed by atoms with E-state index in [-0.39, 0.29) is 22.5 Å². The minimum Gasteiger partial charge on any atom is -0.744 e. The van der Waals surface area contributed by atoms with Gasteiger partial charge in [0.1, 0.15) is 20.2 Å². The van der Waals surface area contributed by atoms with Gasteiger partial charge in [0, 0.05) is 12.6 Å². The van der Waals surface area contributed by atoms with E-state index in [4.69, 9.17) is 0 Å². The van der Waals surface area contributed by atoms with Crippen LogP contribution in [0.4, 0.5) is 11.4 Å². The second-order valence-electron chi connectivity index (χ2n) is 5.60. The summed E-state index contributed by atoms with van der Waals surface area (Å²) in [5, 5.41) is 4.40. The Morgan fingerprint density at radius 3 is 2.00 bits per heavy atom. The van der Waals surface area contributed by atoms with Crippen LogP contribution in [0, 0.1) is 0 Å². The molecule has 2 rings (SSSR count). The second kappa shape index (κ2) is 8.74. The number of thiocarbonyl (C=S) groups is 1. The average Bonchev–Trinajstić information content (AvgIpc) is 2.59. The lowest BCUT2D eigenvalue weighted by atomic mass is 10.1. The summed E-state index contributed by atoms with van der Waals surface area (Å²) in [5.74, 6) is -0.466. The predicted molar refractivity (Wildman–Crippen MR) is 107 cm³/mol. The lowest BCUT2D eigenvalue weighted by Gasteiger charge is -2.14. The van der Waals surface area contributed by atoms with Gasteiger partial charge in [0.25, 0.3) is 0 Å². The molecule has 152 valence electrons. The van der Waals surface area contributed by atoms with Crippen LogP contribution in [-0.2, 0) is 25.0 Å². The van der Waals surface area contributed by atoms with Gasteiger partial charge in [-0.1, -0.05) is 24.3 Å². The summed E-state index contributed by atoms with van der Waals surface area (Å²) >= 11 is 4.43. The SMILES string of the molecule is CC(=O)Nc1ccc(/C=C/c2ccc(N=C=S)cc2S(=O)(=O)[O-])c(S(=O)(=O)[O-])c1. The molecule has 0 fully saturated rings. The van der Waals surface area contributed by atoms with E-state index in [1.165, 1.54) is 31.2 Å². The van der Waals surface area contributed by atoms with Crippen molar-refractivity contribution >= 4 is 67.0 Å². The second-order valence-corrected chi connectivity index (χ2v) is 8.48. The van der Waals surface area contributed by atoms with Crippen molar-refractivity contribution in [2.45, 2.75) is 16.7 Å². The molecular formula is C17H12N2O7S3-2. The first-order valence-corrected chi connectivity index (χ1v) is 10.9. The normalized spacial score (nSPS) is 11.8. The molecule has 0 saturated carbocycles. The van der Waals surface area contributed by atoms with Crippen molar-refractivity contribution in [3.05, 3.63) is 47.5 Å². The van der Waals surface area contributed by atoms with Crippen LogP contribution in [-0.4, -0.2) is 37.0 Å². The molecule has 2 aromatic rings. The summed E-state index contributed by atoms with van der Waals surface area (Å²) in [5.41, 5.74) is 0.0659. The molecule has 0 spiro atoms. The highest BCUT2D eigenvalue weighted by Crippen LogP contribution is 2.26. The van der Waals surface area contributed by atoms with Crippen LogP contribution in [0.15, 0.2) is 51.2 Å². The fraction of sp³-hybridized carbons (Fsp3) is 0.0588. The van der Waals surface area contributed by atoms with Gasteiger partial charge in [-0.25, -0.2) is 16.8 Å². The molecule has 29 heavy (non-hydrogen) atoms. The van der Waals surface area contributed by atoms with Crippen LogP contribution in [0.25, 0.3) is 12.2 Å². The van der Waals surface area contributed by atoms with E-state index in [2.05, 4.69) is 22.5 Å². The molecular weight excluding hydrogens is 440 g/mol. The maximum atomic E-state index is 11.6. The third kappa shape index (κ3) is 6.12. The number of nitrogens with one attached hydrogen (secondary N) is 1. The summed E-state index contributed by atoms with van der Waals surface area (Å²) in [6.07, 6.45) is 2.33. The zero-order chi connectivity index (χ0) is 21.8. The summed E-state index contributed by atoms with van der Waals surface area (Å²) in [7, 11) is -9.80. The first-order valence-electron chi connectivity index (χ1n) is 7.65. The van der Waals surface area contributed by atoms with Gasteiger partial charge in [0.05, 0.1) is 20.6 Å². The van der Waals surface area contributed by atoms with Gasteiger partial charge in [0.2, 0.25) is 5.91 Å². The van der Waals surface area contributed by atoms with Crippen molar-refractivity contribution < 1.29 is 30.7 Å². The number of anilines is 1. The van der Waals surface area contributed by atoms with Crippen LogP contribution in [0.2, 0.25) is 0 Å². The van der Waals surface area contributed by atoms with Gasteiger partial charge in [-0.05, 0) is 47.6 Å². The van der Waals surface area contributed by atoms with Crippen molar-refractivity contribution in [2.24, 2.45) is 4.99 Å². The molecule has 0 heterocycles. The Balaban J connectivity index is 2.59. The van der Waals surface area contributed by atoms with Gasteiger partial charge in [-0.15, -0.1) is 0 Å². The topological polar surface area (TPSA) is 156 Å².